The zero-order chi connectivity index (χ0) is 17.2. The summed E-state index contributed by atoms with van der Waals surface area (Å²) in [5, 5.41) is 3.71. The molecule has 1 heterocycles. The fraction of sp³-hybridized carbons (Fsp3) is 0.111. The van der Waals surface area contributed by atoms with Gasteiger partial charge in [0.05, 0.1) is 11.8 Å². The van der Waals surface area contributed by atoms with Crippen LogP contribution in [0.25, 0.3) is 22.3 Å². The van der Waals surface area contributed by atoms with E-state index in [0.29, 0.717) is 15.8 Å². The molecule has 24 heavy (non-hydrogen) atoms. The quantitative estimate of drug-likeness (QED) is 0.723. The molecule has 0 fully saturated rings. The minimum atomic E-state index is -4.51. The molecular formula is C18H13F3N2O. The maximum Gasteiger partial charge on any atom is 0.408 e. The number of nitrogens with zero attached hydrogens (tertiary/aromatic N) is 2. The molecule has 0 aliphatic rings. The predicted molar refractivity (Wildman–Crippen MR) is 85.4 cm³/mol. The number of halogens is 3. The largest absolute Gasteiger partial charge is 0.408 e. The van der Waals surface area contributed by atoms with Crippen LogP contribution in [0.5, 0.6) is 0 Å². The van der Waals surface area contributed by atoms with Crippen molar-refractivity contribution in [1.29, 1.82) is 0 Å². The fourth-order valence-electron chi connectivity index (χ4n) is 2.49. The molecule has 0 unspecified atom stereocenters. The van der Waals surface area contributed by atoms with Gasteiger partial charge in [-0.05, 0) is 11.1 Å². The van der Waals surface area contributed by atoms with E-state index in [1.807, 2.05) is 6.07 Å². The molecule has 0 aliphatic carbocycles. The van der Waals surface area contributed by atoms with E-state index in [4.69, 9.17) is 0 Å². The third-order valence-electron chi connectivity index (χ3n) is 3.52. The van der Waals surface area contributed by atoms with Crippen molar-refractivity contribution >= 4 is 0 Å². The Kier molecular flexibility index (Phi) is 4.20. The predicted octanol–water partition coefficient (Wildman–Crippen LogP) is 4.14. The maximum absolute atomic E-state index is 12.7. The van der Waals surface area contributed by atoms with E-state index in [1.165, 1.54) is 6.20 Å². The van der Waals surface area contributed by atoms with Gasteiger partial charge in [-0.15, -0.1) is 0 Å². The lowest BCUT2D eigenvalue weighted by atomic mass is 9.97. The molecule has 122 valence electrons. The average Bonchev–Trinajstić information content (AvgIpc) is 2.57. The van der Waals surface area contributed by atoms with Crippen LogP contribution in [-0.4, -0.2) is 16.0 Å². The standard InChI is InChI=1S/C18H13F3N2O/c19-18(20,21)12-23-17(24)16(14-9-5-2-6-10-14)15(11-22-23)13-7-3-1-4-8-13/h1-11H,12H2. The van der Waals surface area contributed by atoms with Crippen molar-refractivity contribution in [2.75, 3.05) is 0 Å². The first kappa shape index (κ1) is 16.0. The zero-order valence-electron chi connectivity index (χ0n) is 12.5. The van der Waals surface area contributed by atoms with Crippen LogP contribution in [0.4, 0.5) is 13.2 Å². The Labute approximate surface area is 136 Å². The topological polar surface area (TPSA) is 34.9 Å². The average molecular weight is 330 g/mol. The first-order valence-corrected chi connectivity index (χ1v) is 7.23. The molecule has 0 atom stereocenters. The Morgan fingerprint density at radius 2 is 1.42 bits per heavy atom. The molecule has 0 amide bonds. The van der Waals surface area contributed by atoms with Crippen molar-refractivity contribution in [2.24, 2.45) is 0 Å². The number of benzene rings is 2. The lowest BCUT2D eigenvalue weighted by Gasteiger charge is -2.13. The molecule has 0 spiro atoms. The number of aromatic nitrogens is 2. The molecule has 0 saturated carbocycles. The second-order valence-corrected chi connectivity index (χ2v) is 5.24. The summed E-state index contributed by atoms with van der Waals surface area (Å²) in [5.74, 6) is 0. The Morgan fingerprint density at radius 3 is 1.96 bits per heavy atom. The third kappa shape index (κ3) is 3.37. The number of hydrogen-bond acceptors (Lipinski definition) is 2. The van der Waals surface area contributed by atoms with Gasteiger partial charge in [-0.3, -0.25) is 4.79 Å². The zero-order valence-corrected chi connectivity index (χ0v) is 12.5. The van der Waals surface area contributed by atoms with Gasteiger partial charge < -0.3 is 0 Å². The highest BCUT2D eigenvalue weighted by Gasteiger charge is 2.30. The van der Waals surface area contributed by atoms with E-state index < -0.39 is 18.3 Å². The summed E-state index contributed by atoms with van der Waals surface area (Å²) in [6, 6.07) is 17.6. The molecule has 0 radical (unpaired) electrons. The lowest BCUT2D eigenvalue weighted by Crippen LogP contribution is -2.31. The van der Waals surface area contributed by atoms with Crippen LogP contribution in [-0.2, 0) is 6.54 Å². The minimum absolute atomic E-state index is 0.209. The van der Waals surface area contributed by atoms with Crippen LogP contribution in [0, 0.1) is 0 Å². The van der Waals surface area contributed by atoms with Crippen LogP contribution in [0.2, 0.25) is 0 Å². The number of alkyl halides is 3. The molecule has 3 nitrogen and oxygen atoms in total. The molecule has 0 N–H and O–H groups in total. The van der Waals surface area contributed by atoms with Crippen molar-refractivity contribution in [3.8, 4) is 22.3 Å². The number of hydrogen-bond donors (Lipinski definition) is 0. The van der Waals surface area contributed by atoms with Crippen LogP contribution in [0.3, 0.4) is 0 Å². The van der Waals surface area contributed by atoms with Gasteiger partial charge >= 0.3 is 6.18 Å². The monoisotopic (exact) mass is 330 g/mol. The summed E-state index contributed by atoms with van der Waals surface area (Å²) in [6.45, 7) is -1.42. The molecule has 2 aromatic carbocycles. The minimum Gasteiger partial charge on any atom is -0.267 e. The van der Waals surface area contributed by atoms with Gasteiger partial charge in [-0.2, -0.15) is 18.3 Å². The smallest absolute Gasteiger partial charge is 0.267 e. The summed E-state index contributed by atoms with van der Waals surface area (Å²) in [5.41, 5.74) is 1.23. The second kappa shape index (κ2) is 6.31. The second-order valence-electron chi connectivity index (χ2n) is 5.24. The van der Waals surface area contributed by atoms with Crippen LogP contribution in [0.1, 0.15) is 0 Å². The van der Waals surface area contributed by atoms with E-state index in [9.17, 15) is 18.0 Å². The number of rotatable bonds is 3. The van der Waals surface area contributed by atoms with Crippen molar-refractivity contribution < 1.29 is 13.2 Å². The van der Waals surface area contributed by atoms with Crippen LogP contribution in [0.15, 0.2) is 71.7 Å². The molecule has 0 aliphatic heterocycles. The Balaban J connectivity index is 2.24. The van der Waals surface area contributed by atoms with Gasteiger partial charge in [0, 0.05) is 5.56 Å². The lowest BCUT2D eigenvalue weighted by molar-refractivity contribution is -0.143. The van der Waals surface area contributed by atoms with Crippen LogP contribution < -0.4 is 5.56 Å². The van der Waals surface area contributed by atoms with E-state index in [0.717, 1.165) is 5.56 Å². The maximum atomic E-state index is 12.7. The van der Waals surface area contributed by atoms with Gasteiger partial charge in [-0.25, -0.2) is 4.68 Å². The molecule has 1 aromatic heterocycles. The summed E-state index contributed by atoms with van der Waals surface area (Å²) < 4.78 is 38.5. The van der Waals surface area contributed by atoms with E-state index in [1.54, 1.807) is 54.6 Å². The van der Waals surface area contributed by atoms with Crippen molar-refractivity contribution in [2.45, 2.75) is 12.7 Å². The Bertz CT molecular complexity index is 888. The van der Waals surface area contributed by atoms with E-state index >= 15 is 0 Å². The third-order valence-corrected chi connectivity index (χ3v) is 3.52. The van der Waals surface area contributed by atoms with Gasteiger partial charge in [0.15, 0.2) is 0 Å². The Hall–Kier alpha value is -2.89. The summed E-state index contributed by atoms with van der Waals surface area (Å²) in [4.78, 5) is 12.6. The summed E-state index contributed by atoms with van der Waals surface area (Å²) in [6.07, 6.45) is -3.20. The summed E-state index contributed by atoms with van der Waals surface area (Å²) >= 11 is 0. The van der Waals surface area contributed by atoms with Gasteiger partial charge in [0.25, 0.3) is 5.56 Å². The van der Waals surface area contributed by atoms with Gasteiger partial charge in [0.2, 0.25) is 0 Å². The van der Waals surface area contributed by atoms with Gasteiger partial charge in [-0.1, -0.05) is 60.7 Å². The molecule has 3 aromatic rings. The Morgan fingerprint density at radius 1 is 0.875 bits per heavy atom. The van der Waals surface area contributed by atoms with Crippen molar-refractivity contribution in [3.05, 3.63) is 77.2 Å². The van der Waals surface area contributed by atoms with E-state index in [2.05, 4.69) is 5.10 Å². The molecule has 0 bridgehead atoms. The molecular weight excluding hydrogens is 317 g/mol. The van der Waals surface area contributed by atoms with Crippen molar-refractivity contribution in [3.63, 3.8) is 0 Å². The van der Waals surface area contributed by atoms with Gasteiger partial charge in [0.1, 0.15) is 6.54 Å². The highest BCUT2D eigenvalue weighted by atomic mass is 19.4. The van der Waals surface area contributed by atoms with E-state index in [-0.39, 0.29) is 5.56 Å². The first-order chi connectivity index (χ1) is 11.5. The normalized spacial score (nSPS) is 11.5. The molecule has 6 heteroatoms. The highest BCUT2D eigenvalue weighted by molar-refractivity contribution is 5.82. The first-order valence-electron chi connectivity index (χ1n) is 7.23. The van der Waals surface area contributed by atoms with Crippen molar-refractivity contribution in [1.82, 2.24) is 9.78 Å². The molecule has 0 saturated heterocycles. The highest BCUT2D eigenvalue weighted by Crippen LogP contribution is 2.28. The molecule has 3 rings (SSSR count). The fourth-order valence-corrected chi connectivity index (χ4v) is 2.49. The summed E-state index contributed by atoms with van der Waals surface area (Å²) in [7, 11) is 0. The SMILES string of the molecule is O=c1c(-c2ccccc2)c(-c2ccccc2)cnn1CC(F)(F)F. The van der Waals surface area contributed by atoms with Crippen LogP contribution >= 0.6 is 0 Å².